The van der Waals surface area contributed by atoms with E-state index in [-0.39, 0.29) is 43.2 Å². The number of alkyl halides is 3. The second-order valence-electron chi connectivity index (χ2n) is 9.40. The monoisotopic (exact) mass is 515 g/mol. The molecule has 0 radical (unpaired) electrons. The van der Waals surface area contributed by atoms with Gasteiger partial charge in [-0.1, -0.05) is 48.7 Å². The van der Waals surface area contributed by atoms with Crippen molar-refractivity contribution in [2.24, 2.45) is 11.8 Å². The van der Waals surface area contributed by atoms with Gasteiger partial charge in [-0.25, -0.2) is 0 Å². The molecule has 0 aromatic rings. The molecule has 1 heterocycles. The molecule has 1 aliphatic heterocycles. The van der Waals surface area contributed by atoms with Crippen LogP contribution in [0, 0.1) is 11.8 Å². The molecule has 8 nitrogen and oxygen atoms in total. The molecule has 3 atom stereocenters. The topological polar surface area (TPSA) is 97.0 Å². The van der Waals surface area contributed by atoms with Gasteiger partial charge in [0, 0.05) is 13.1 Å². The molecule has 1 saturated heterocycles. The SMILES string of the molecule is CC(NC(=O)C(NCOC(C)(C)C)C(C)C)C(=O)N1CCCC(C(=O)OCC(Cl)(Cl)Cl)C1. The molecular weight excluding hydrogens is 481 g/mol. The summed E-state index contributed by atoms with van der Waals surface area (Å²) in [5, 5.41) is 5.87. The lowest BCUT2D eigenvalue weighted by Gasteiger charge is -2.34. The number of piperidine rings is 1. The van der Waals surface area contributed by atoms with Crippen LogP contribution in [0.1, 0.15) is 54.4 Å². The molecule has 32 heavy (non-hydrogen) atoms. The number of carbonyl (C=O) groups excluding carboxylic acids is 3. The third-order valence-electron chi connectivity index (χ3n) is 4.93. The lowest BCUT2D eigenvalue weighted by molar-refractivity contribution is -0.152. The van der Waals surface area contributed by atoms with Crippen LogP contribution in [0.15, 0.2) is 0 Å². The first-order valence-corrected chi connectivity index (χ1v) is 11.9. The predicted octanol–water partition coefficient (Wildman–Crippen LogP) is 3.03. The summed E-state index contributed by atoms with van der Waals surface area (Å²) < 4.78 is 9.02. The van der Waals surface area contributed by atoms with Crippen LogP contribution >= 0.6 is 34.8 Å². The normalized spacial score (nSPS) is 19.4. The smallest absolute Gasteiger partial charge is 0.310 e. The van der Waals surface area contributed by atoms with Gasteiger partial charge in [0.2, 0.25) is 15.6 Å². The van der Waals surface area contributed by atoms with E-state index in [2.05, 4.69) is 10.6 Å². The zero-order valence-corrected chi connectivity index (χ0v) is 21.9. The maximum atomic E-state index is 12.9. The Morgan fingerprint density at radius 2 is 1.75 bits per heavy atom. The van der Waals surface area contributed by atoms with Crippen molar-refractivity contribution in [1.29, 1.82) is 0 Å². The average Bonchev–Trinajstić information content (AvgIpc) is 2.67. The first kappa shape index (κ1) is 29.2. The minimum Gasteiger partial charge on any atom is -0.461 e. The van der Waals surface area contributed by atoms with Crippen LogP contribution in [0.2, 0.25) is 0 Å². The van der Waals surface area contributed by atoms with Gasteiger partial charge in [0.25, 0.3) is 0 Å². The highest BCUT2D eigenvalue weighted by atomic mass is 35.6. The van der Waals surface area contributed by atoms with Crippen LogP contribution in [0.4, 0.5) is 0 Å². The summed E-state index contributed by atoms with van der Waals surface area (Å²) in [6.07, 6.45) is 1.22. The number of halogens is 3. The lowest BCUT2D eigenvalue weighted by Crippen LogP contribution is -2.55. The van der Waals surface area contributed by atoms with E-state index >= 15 is 0 Å². The Morgan fingerprint density at radius 3 is 2.28 bits per heavy atom. The number of amides is 2. The number of likely N-dealkylation sites (tertiary alicyclic amines) is 1. The molecule has 186 valence electrons. The second kappa shape index (κ2) is 12.6. The van der Waals surface area contributed by atoms with Crippen LogP contribution < -0.4 is 10.6 Å². The van der Waals surface area contributed by atoms with Gasteiger partial charge in [0.1, 0.15) is 12.6 Å². The summed E-state index contributed by atoms with van der Waals surface area (Å²) in [6, 6.07) is -1.26. The van der Waals surface area contributed by atoms with Gasteiger partial charge in [-0.15, -0.1) is 0 Å². The van der Waals surface area contributed by atoms with Crippen LogP contribution in [0.25, 0.3) is 0 Å². The molecule has 3 unspecified atom stereocenters. The molecule has 0 bridgehead atoms. The fourth-order valence-corrected chi connectivity index (χ4v) is 3.42. The Balaban J connectivity index is 2.63. The minimum absolute atomic E-state index is 0.00655. The number of nitrogens with one attached hydrogen (secondary N) is 2. The summed E-state index contributed by atoms with van der Waals surface area (Å²) >= 11 is 16.9. The van der Waals surface area contributed by atoms with Gasteiger partial charge >= 0.3 is 5.97 Å². The third kappa shape index (κ3) is 10.9. The summed E-state index contributed by atoms with van der Waals surface area (Å²) in [7, 11) is 0. The Labute approximate surface area is 206 Å². The maximum absolute atomic E-state index is 12.9. The highest BCUT2D eigenvalue weighted by molar-refractivity contribution is 6.67. The van der Waals surface area contributed by atoms with E-state index in [1.54, 1.807) is 11.8 Å². The van der Waals surface area contributed by atoms with Crippen molar-refractivity contribution in [3.63, 3.8) is 0 Å². The average molecular weight is 517 g/mol. The number of hydrogen-bond acceptors (Lipinski definition) is 6. The van der Waals surface area contributed by atoms with Gasteiger partial charge < -0.3 is 19.7 Å². The van der Waals surface area contributed by atoms with Crippen molar-refractivity contribution in [3.05, 3.63) is 0 Å². The van der Waals surface area contributed by atoms with Crippen molar-refractivity contribution in [2.45, 2.75) is 75.9 Å². The molecule has 2 N–H and O–H groups in total. The zero-order chi connectivity index (χ0) is 24.7. The molecule has 0 aliphatic carbocycles. The van der Waals surface area contributed by atoms with Crippen molar-refractivity contribution in [2.75, 3.05) is 26.4 Å². The molecule has 2 amide bonds. The first-order valence-electron chi connectivity index (χ1n) is 10.8. The van der Waals surface area contributed by atoms with E-state index in [4.69, 9.17) is 44.3 Å². The number of hydrogen-bond donors (Lipinski definition) is 2. The third-order valence-corrected chi connectivity index (χ3v) is 5.26. The Hall–Kier alpha value is -0.800. The van der Waals surface area contributed by atoms with Gasteiger partial charge in [-0.05, 0) is 46.5 Å². The van der Waals surface area contributed by atoms with E-state index in [9.17, 15) is 14.4 Å². The van der Waals surface area contributed by atoms with Crippen molar-refractivity contribution in [1.82, 2.24) is 15.5 Å². The first-order chi connectivity index (χ1) is 14.6. The predicted molar refractivity (Wildman–Crippen MR) is 126 cm³/mol. The molecule has 1 fully saturated rings. The lowest BCUT2D eigenvalue weighted by atomic mass is 9.97. The largest absolute Gasteiger partial charge is 0.461 e. The Bertz CT molecular complexity index is 650. The number of esters is 1. The van der Waals surface area contributed by atoms with Gasteiger partial charge in [0.15, 0.2) is 0 Å². The molecule has 1 rings (SSSR count). The standard InChI is InChI=1S/C21H36Cl3N3O5/c1-13(2)16(25-12-32-20(4,5)6)17(28)26-14(3)18(29)27-9-7-8-15(10-27)19(30)31-11-21(22,23)24/h13-16,25H,7-12H2,1-6H3,(H,26,28). The Kier molecular flexibility index (Phi) is 11.5. The molecule has 1 aliphatic rings. The molecule has 0 saturated carbocycles. The summed E-state index contributed by atoms with van der Waals surface area (Å²) in [5.41, 5.74) is -0.334. The Morgan fingerprint density at radius 1 is 1.12 bits per heavy atom. The highest BCUT2D eigenvalue weighted by Crippen LogP contribution is 2.27. The van der Waals surface area contributed by atoms with Crippen molar-refractivity contribution < 1.29 is 23.9 Å². The van der Waals surface area contributed by atoms with Gasteiger partial charge in [0.05, 0.1) is 24.3 Å². The maximum Gasteiger partial charge on any atom is 0.310 e. The summed E-state index contributed by atoms with van der Waals surface area (Å²) in [6.45, 7) is 11.8. The van der Waals surface area contributed by atoms with Gasteiger partial charge in [-0.3, -0.25) is 19.7 Å². The summed E-state index contributed by atoms with van der Waals surface area (Å²) in [5.74, 6) is -1.55. The quantitative estimate of drug-likeness (QED) is 0.278. The van der Waals surface area contributed by atoms with Crippen molar-refractivity contribution in [3.8, 4) is 0 Å². The highest BCUT2D eigenvalue weighted by Gasteiger charge is 2.34. The minimum atomic E-state index is -1.68. The second-order valence-corrected chi connectivity index (χ2v) is 11.9. The van der Waals surface area contributed by atoms with Gasteiger partial charge in [-0.2, -0.15) is 0 Å². The fraction of sp³-hybridized carbons (Fsp3) is 0.857. The zero-order valence-electron chi connectivity index (χ0n) is 19.7. The van der Waals surface area contributed by atoms with E-state index in [0.717, 1.165) is 0 Å². The number of rotatable bonds is 9. The van der Waals surface area contributed by atoms with Crippen LogP contribution in [0.3, 0.4) is 0 Å². The molecule has 0 spiro atoms. The van der Waals surface area contributed by atoms with E-state index in [0.29, 0.717) is 19.4 Å². The summed E-state index contributed by atoms with van der Waals surface area (Å²) in [4.78, 5) is 39.5. The van der Waals surface area contributed by atoms with E-state index < -0.39 is 27.8 Å². The van der Waals surface area contributed by atoms with Crippen LogP contribution in [-0.2, 0) is 23.9 Å². The van der Waals surface area contributed by atoms with Crippen LogP contribution in [0.5, 0.6) is 0 Å². The van der Waals surface area contributed by atoms with Crippen molar-refractivity contribution >= 4 is 52.6 Å². The molecule has 11 heteroatoms. The molecule has 0 aromatic carbocycles. The molecular formula is C21H36Cl3N3O5. The van der Waals surface area contributed by atoms with E-state index in [1.165, 1.54) is 0 Å². The molecule has 0 aromatic heterocycles. The number of nitrogens with zero attached hydrogens (tertiary/aromatic N) is 1. The van der Waals surface area contributed by atoms with E-state index in [1.807, 2.05) is 34.6 Å². The number of carbonyl (C=O) groups is 3. The fourth-order valence-electron chi connectivity index (χ4n) is 3.26. The number of ether oxygens (including phenoxy) is 2. The van der Waals surface area contributed by atoms with Crippen LogP contribution in [-0.4, -0.2) is 70.6 Å².